The molecule has 1 fully saturated rings. The van der Waals surface area contributed by atoms with Crippen molar-refractivity contribution < 1.29 is 0 Å². The minimum atomic E-state index is 0.397. The molecule has 3 nitrogen and oxygen atoms in total. The fourth-order valence-corrected chi connectivity index (χ4v) is 3.30. The maximum Gasteiger partial charge on any atom is 0.106 e. The van der Waals surface area contributed by atoms with Crippen molar-refractivity contribution in [2.45, 2.75) is 50.6 Å². The zero-order valence-electron chi connectivity index (χ0n) is 10.7. The number of hydrogen-bond donors (Lipinski definition) is 2. The maximum atomic E-state index is 4.28. The van der Waals surface area contributed by atoms with Gasteiger partial charge >= 0.3 is 0 Å². The van der Waals surface area contributed by atoms with Crippen molar-refractivity contribution in [3.63, 3.8) is 0 Å². The Labute approximate surface area is 108 Å². The van der Waals surface area contributed by atoms with Crippen molar-refractivity contribution in [1.82, 2.24) is 15.6 Å². The zero-order chi connectivity index (χ0) is 12.0. The van der Waals surface area contributed by atoms with Gasteiger partial charge in [0.2, 0.25) is 0 Å². The Morgan fingerprint density at radius 1 is 1.35 bits per heavy atom. The second-order valence-corrected chi connectivity index (χ2v) is 5.92. The molecule has 0 atom stereocenters. The number of nitrogens with one attached hydrogen (secondary N) is 2. The van der Waals surface area contributed by atoms with Crippen LogP contribution in [0.2, 0.25) is 0 Å². The molecule has 17 heavy (non-hydrogen) atoms. The Morgan fingerprint density at radius 3 is 2.82 bits per heavy atom. The van der Waals surface area contributed by atoms with Crippen molar-refractivity contribution in [2.75, 3.05) is 13.6 Å². The first-order valence-electron chi connectivity index (χ1n) is 6.63. The molecule has 0 spiro atoms. The topological polar surface area (TPSA) is 37.0 Å². The number of aromatic nitrogens is 1. The van der Waals surface area contributed by atoms with Gasteiger partial charge in [0.05, 0.1) is 0 Å². The van der Waals surface area contributed by atoms with Crippen molar-refractivity contribution in [3.8, 4) is 0 Å². The maximum absolute atomic E-state index is 4.28. The van der Waals surface area contributed by atoms with Crippen LogP contribution >= 0.6 is 11.3 Å². The Bertz CT molecular complexity index is 304. The highest BCUT2D eigenvalue weighted by Gasteiger charge is 2.29. The average molecular weight is 253 g/mol. The lowest BCUT2D eigenvalue weighted by molar-refractivity contribution is 0.228. The van der Waals surface area contributed by atoms with Gasteiger partial charge < -0.3 is 10.6 Å². The molecule has 2 N–H and O–H groups in total. The van der Waals surface area contributed by atoms with E-state index in [1.165, 1.54) is 43.5 Å². The van der Waals surface area contributed by atoms with Crippen molar-refractivity contribution in [1.29, 1.82) is 0 Å². The standard InChI is InChI=1S/C13H23N3S/c1-14-13(5-3-2-4-6-13)7-8-15-11-12-16-9-10-17-12/h9-10,14-15H,2-8,11H2,1H3. The first-order chi connectivity index (χ1) is 8.35. The van der Waals surface area contributed by atoms with E-state index in [2.05, 4.69) is 22.7 Å². The molecule has 0 radical (unpaired) electrons. The number of nitrogens with zero attached hydrogens (tertiary/aromatic N) is 1. The van der Waals surface area contributed by atoms with Crippen LogP contribution in [-0.4, -0.2) is 24.1 Å². The molecule has 2 rings (SSSR count). The summed E-state index contributed by atoms with van der Waals surface area (Å²) in [4.78, 5) is 4.28. The van der Waals surface area contributed by atoms with Gasteiger partial charge in [-0.25, -0.2) is 4.98 Å². The van der Waals surface area contributed by atoms with Crippen LogP contribution in [0.3, 0.4) is 0 Å². The molecule has 0 unspecified atom stereocenters. The Hall–Kier alpha value is -0.450. The van der Waals surface area contributed by atoms with E-state index in [1.807, 2.05) is 11.6 Å². The van der Waals surface area contributed by atoms with E-state index in [4.69, 9.17) is 0 Å². The van der Waals surface area contributed by atoms with Gasteiger partial charge in [-0.05, 0) is 32.9 Å². The summed E-state index contributed by atoms with van der Waals surface area (Å²) < 4.78 is 0. The van der Waals surface area contributed by atoms with E-state index in [0.29, 0.717) is 5.54 Å². The first kappa shape index (κ1) is 13.0. The molecule has 1 saturated carbocycles. The zero-order valence-corrected chi connectivity index (χ0v) is 11.5. The van der Waals surface area contributed by atoms with E-state index in [1.54, 1.807) is 11.3 Å². The first-order valence-corrected chi connectivity index (χ1v) is 7.51. The van der Waals surface area contributed by atoms with Crippen molar-refractivity contribution >= 4 is 11.3 Å². The third kappa shape index (κ3) is 3.76. The molecule has 1 aliphatic rings. The minimum absolute atomic E-state index is 0.397. The van der Waals surface area contributed by atoms with Crippen LogP contribution in [0.1, 0.15) is 43.5 Å². The third-order valence-corrected chi connectivity index (χ3v) is 4.66. The SMILES string of the molecule is CNC1(CCNCc2nccs2)CCCCC1. The van der Waals surface area contributed by atoms with Gasteiger partial charge in [-0.1, -0.05) is 19.3 Å². The highest BCUT2D eigenvalue weighted by atomic mass is 32.1. The fraction of sp³-hybridized carbons (Fsp3) is 0.769. The van der Waals surface area contributed by atoms with Gasteiger partial charge in [-0.3, -0.25) is 0 Å². The van der Waals surface area contributed by atoms with Crippen LogP contribution < -0.4 is 10.6 Å². The largest absolute Gasteiger partial charge is 0.314 e. The van der Waals surface area contributed by atoms with Crippen LogP contribution in [0.4, 0.5) is 0 Å². The molecular formula is C13H23N3S. The van der Waals surface area contributed by atoms with E-state index >= 15 is 0 Å². The van der Waals surface area contributed by atoms with Crippen molar-refractivity contribution in [3.05, 3.63) is 16.6 Å². The van der Waals surface area contributed by atoms with Crippen LogP contribution in [-0.2, 0) is 6.54 Å². The monoisotopic (exact) mass is 253 g/mol. The lowest BCUT2D eigenvalue weighted by Crippen LogP contribution is -2.46. The Morgan fingerprint density at radius 2 is 2.18 bits per heavy atom. The molecular weight excluding hydrogens is 230 g/mol. The summed E-state index contributed by atoms with van der Waals surface area (Å²) in [6.45, 7) is 2.00. The van der Waals surface area contributed by atoms with Gasteiger partial charge in [-0.15, -0.1) is 11.3 Å². The molecule has 1 aromatic heterocycles. The Balaban J connectivity index is 1.69. The second kappa shape index (κ2) is 6.47. The minimum Gasteiger partial charge on any atom is -0.314 e. The number of rotatable bonds is 6. The van der Waals surface area contributed by atoms with Crippen molar-refractivity contribution in [2.24, 2.45) is 0 Å². The summed E-state index contributed by atoms with van der Waals surface area (Å²) >= 11 is 1.72. The highest BCUT2D eigenvalue weighted by Crippen LogP contribution is 2.30. The summed E-state index contributed by atoms with van der Waals surface area (Å²) in [6, 6.07) is 0. The normalized spacial score (nSPS) is 19.4. The molecule has 0 aliphatic heterocycles. The summed E-state index contributed by atoms with van der Waals surface area (Å²) in [5, 5.41) is 10.3. The third-order valence-electron chi connectivity index (χ3n) is 3.88. The van der Waals surface area contributed by atoms with Crippen LogP contribution in [0, 0.1) is 0 Å². The lowest BCUT2D eigenvalue weighted by atomic mass is 9.79. The summed E-state index contributed by atoms with van der Waals surface area (Å²) in [7, 11) is 2.12. The van der Waals surface area contributed by atoms with Gasteiger partial charge in [0, 0.05) is 23.7 Å². The summed E-state index contributed by atoms with van der Waals surface area (Å²) in [5.41, 5.74) is 0.397. The molecule has 0 aromatic carbocycles. The second-order valence-electron chi connectivity index (χ2n) is 4.94. The molecule has 1 aliphatic carbocycles. The summed E-state index contributed by atoms with van der Waals surface area (Å²) in [5.74, 6) is 0. The van der Waals surface area contributed by atoms with E-state index in [-0.39, 0.29) is 0 Å². The lowest BCUT2D eigenvalue weighted by Gasteiger charge is -2.37. The fourth-order valence-electron chi connectivity index (χ4n) is 2.72. The van der Waals surface area contributed by atoms with E-state index in [9.17, 15) is 0 Å². The number of thiazole rings is 1. The van der Waals surface area contributed by atoms with Gasteiger partial charge in [0.1, 0.15) is 5.01 Å². The number of hydrogen-bond acceptors (Lipinski definition) is 4. The van der Waals surface area contributed by atoms with Crippen LogP contribution in [0.5, 0.6) is 0 Å². The molecule has 0 amide bonds. The molecule has 1 aromatic rings. The predicted octanol–water partition coefficient (Wildman–Crippen LogP) is 2.55. The van der Waals surface area contributed by atoms with Crippen LogP contribution in [0.15, 0.2) is 11.6 Å². The van der Waals surface area contributed by atoms with E-state index in [0.717, 1.165) is 13.1 Å². The van der Waals surface area contributed by atoms with E-state index < -0.39 is 0 Å². The molecule has 1 heterocycles. The summed E-state index contributed by atoms with van der Waals surface area (Å²) in [6.07, 6.45) is 9.95. The average Bonchev–Trinajstić information content (AvgIpc) is 2.89. The molecule has 0 bridgehead atoms. The molecule has 96 valence electrons. The Kier molecular flexibility index (Phi) is 4.95. The molecule has 0 saturated heterocycles. The van der Waals surface area contributed by atoms with Crippen LogP contribution in [0.25, 0.3) is 0 Å². The highest BCUT2D eigenvalue weighted by molar-refractivity contribution is 7.09. The predicted molar refractivity (Wildman–Crippen MR) is 73.3 cm³/mol. The van der Waals surface area contributed by atoms with Gasteiger partial charge in [-0.2, -0.15) is 0 Å². The van der Waals surface area contributed by atoms with Gasteiger partial charge in [0.15, 0.2) is 0 Å². The smallest absolute Gasteiger partial charge is 0.106 e. The van der Waals surface area contributed by atoms with Gasteiger partial charge in [0.25, 0.3) is 0 Å². The molecule has 4 heteroatoms. The quantitative estimate of drug-likeness (QED) is 0.765.